The number of rotatable bonds is 7. The van der Waals surface area contributed by atoms with Crippen LogP contribution in [0.1, 0.15) is 40.5 Å². The molecule has 0 fully saturated rings. The molecule has 0 aliphatic carbocycles. The van der Waals surface area contributed by atoms with E-state index in [4.69, 9.17) is 4.74 Å². The van der Waals surface area contributed by atoms with Gasteiger partial charge in [0.2, 0.25) is 0 Å². The van der Waals surface area contributed by atoms with Crippen LogP contribution in [0.15, 0.2) is 18.3 Å². The van der Waals surface area contributed by atoms with Crippen molar-refractivity contribution in [1.29, 1.82) is 0 Å². The van der Waals surface area contributed by atoms with Crippen molar-refractivity contribution >= 4 is 5.82 Å². The lowest BCUT2D eigenvalue weighted by atomic mass is 10.0. The largest absolute Gasteiger partial charge is 0.487 e. The number of hydrogen-bond acceptors (Lipinski definition) is 3. The second kappa shape index (κ2) is 7.15. The molecular weight excluding hydrogens is 212 g/mol. The van der Waals surface area contributed by atoms with Crippen LogP contribution < -0.4 is 10.1 Å². The van der Waals surface area contributed by atoms with Crippen LogP contribution in [0.5, 0.6) is 5.75 Å². The molecule has 3 heteroatoms. The maximum absolute atomic E-state index is 5.72. The Kier molecular flexibility index (Phi) is 5.81. The first kappa shape index (κ1) is 13.8. The molecule has 0 amide bonds. The van der Waals surface area contributed by atoms with Crippen LogP contribution in [0.4, 0.5) is 5.82 Å². The molecule has 17 heavy (non-hydrogen) atoms. The van der Waals surface area contributed by atoms with Gasteiger partial charge in [0.05, 0.1) is 6.10 Å². The van der Waals surface area contributed by atoms with Crippen molar-refractivity contribution in [3.05, 3.63) is 18.3 Å². The molecule has 0 bridgehead atoms. The SMILES string of the molecule is CCC(CC)CNc1ncccc1OC(C)C. The van der Waals surface area contributed by atoms with Gasteiger partial charge in [0, 0.05) is 12.7 Å². The Morgan fingerprint density at radius 2 is 2.00 bits per heavy atom. The van der Waals surface area contributed by atoms with E-state index in [-0.39, 0.29) is 6.10 Å². The Morgan fingerprint density at radius 1 is 1.29 bits per heavy atom. The summed E-state index contributed by atoms with van der Waals surface area (Å²) in [7, 11) is 0. The Balaban J connectivity index is 2.63. The van der Waals surface area contributed by atoms with E-state index in [1.807, 2.05) is 26.0 Å². The zero-order valence-electron chi connectivity index (χ0n) is 11.4. The molecular formula is C14H24N2O. The monoisotopic (exact) mass is 236 g/mol. The van der Waals surface area contributed by atoms with E-state index in [1.165, 1.54) is 12.8 Å². The highest BCUT2D eigenvalue weighted by Gasteiger charge is 2.08. The highest BCUT2D eigenvalue weighted by Crippen LogP contribution is 2.22. The van der Waals surface area contributed by atoms with E-state index < -0.39 is 0 Å². The predicted molar refractivity (Wildman–Crippen MR) is 72.6 cm³/mol. The normalized spacial score (nSPS) is 10.9. The van der Waals surface area contributed by atoms with Gasteiger partial charge in [-0.15, -0.1) is 0 Å². The van der Waals surface area contributed by atoms with Crippen molar-refractivity contribution < 1.29 is 4.74 Å². The topological polar surface area (TPSA) is 34.2 Å². The summed E-state index contributed by atoms with van der Waals surface area (Å²) >= 11 is 0. The quantitative estimate of drug-likeness (QED) is 0.783. The minimum absolute atomic E-state index is 0.174. The van der Waals surface area contributed by atoms with Gasteiger partial charge >= 0.3 is 0 Å². The Bertz CT molecular complexity index is 322. The van der Waals surface area contributed by atoms with E-state index in [0.29, 0.717) is 5.92 Å². The van der Waals surface area contributed by atoms with E-state index in [2.05, 4.69) is 24.1 Å². The average molecular weight is 236 g/mol. The molecule has 0 saturated heterocycles. The Labute approximate surface area is 105 Å². The fourth-order valence-corrected chi connectivity index (χ4v) is 1.69. The fraction of sp³-hybridized carbons (Fsp3) is 0.643. The van der Waals surface area contributed by atoms with Gasteiger partial charge in [-0.2, -0.15) is 0 Å². The molecule has 1 rings (SSSR count). The summed E-state index contributed by atoms with van der Waals surface area (Å²) in [5, 5.41) is 3.38. The van der Waals surface area contributed by atoms with Gasteiger partial charge in [0.1, 0.15) is 0 Å². The molecule has 1 heterocycles. The van der Waals surface area contributed by atoms with Crippen molar-refractivity contribution in [2.45, 2.75) is 46.6 Å². The van der Waals surface area contributed by atoms with Crippen LogP contribution in [-0.4, -0.2) is 17.6 Å². The summed E-state index contributed by atoms with van der Waals surface area (Å²) in [6.07, 6.45) is 4.35. The van der Waals surface area contributed by atoms with Crippen LogP contribution in [0.25, 0.3) is 0 Å². The minimum Gasteiger partial charge on any atom is -0.487 e. The fourth-order valence-electron chi connectivity index (χ4n) is 1.69. The van der Waals surface area contributed by atoms with Crippen molar-refractivity contribution in [2.75, 3.05) is 11.9 Å². The van der Waals surface area contributed by atoms with Crippen molar-refractivity contribution in [1.82, 2.24) is 4.98 Å². The maximum atomic E-state index is 5.72. The van der Waals surface area contributed by atoms with Gasteiger partial charge in [0.15, 0.2) is 11.6 Å². The summed E-state index contributed by atoms with van der Waals surface area (Å²) < 4.78 is 5.72. The molecule has 1 N–H and O–H groups in total. The molecule has 1 aromatic rings. The van der Waals surface area contributed by atoms with Gasteiger partial charge in [-0.25, -0.2) is 4.98 Å². The van der Waals surface area contributed by atoms with Crippen molar-refractivity contribution in [3.8, 4) is 5.75 Å². The molecule has 0 saturated carbocycles. The smallest absolute Gasteiger partial charge is 0.168 e. The molecule has 0 spiro atoms. The lowest BCUT2D eigenvalue weighted by Gasteiger charge is -2.17. The van der Waals surface area contributed by atoms with Crippen LogP contribution in [0, 0.1) is 5.92 Å². The number of anilines is 1. The third kappa shape index (κ3) is 4.63. The van der Waals surface area contributed by atoms with Crippen molar-refractivity contribution in [3.63, 3.8) is 0 Å². The van der Waals surface area contributed by atoms with Gasteiger partial charge in [0.25, 0.3) is 0 Å². The first-order valence-corrected chi connectivity index (χ1v) is 6.52. The Morgan fingerprint density at radius 3 is 2.59 bits per heavy atom. The number of aromatic nitrogens is 1. The second-order valence-corrected chi connectivity index (χ2v) is 4.58. The second-order valence-electron chi connectivity index (χ2n) is 4.58. The van der Waals surface area contributed by atoms with Crippen LogP contribution in [-0.2, 0) is 0 Å². The first-order valence-electron chi connectivity index (χ1n) is 6.52. The molecule has 3 nitrogen and oxygen atoms in total. The summed E-state index contributed by atoms with van der Waals surface area (Å²) in [5.74, 6) is 2.39. The average Bonchev–Trinajstić information content (AvgIpc) is 2.31. The molecule has 0 aliphatic rings. The summed E-state index contributed by atoms with van der Waals surface area (Å²) in [4.78, 5) is 4.34. The molecule has 0 unspecified atom stereocenters. The van der Waals surface area contributed by atoms with Crippen molar-refractivity contribution in [2.24, 2.45) is 5.92 Å². The number of pyridine rings is 1. The summed E-state index contributed by atoms with van der Waals surface area (Å²) in [5.41, 5.74) is 0. The van der Waals surface area contributed by atoms with E-state index >= 15 is 0 Å². The highest BCUT2D eigenvalue weighted by molar-refractivity contribution is 5.49. The van der Waals surface area contributed by atoms with Gasteiger partial charge in [-0.1, -0.05) is 26.7 Å². The van der Waals surface area contributed by atoms with E-state index in [9.17, 15) is 0 Å². The first-order chi connectivity index (χ1) is 8.17. The number of ether oxygens (including phenoxy) is 1. The molecule has 96 valence electrons. The lowest BCUT2D eigenvalue weighted by Crippen LogP contribution is -2.15. The molecule has 0 radical (unpaired) electrons. The van der Waals surface area contributed by atoms with Crippen LogP contribution in [0.3, 0.4) is 0 Å². The van der Waals surface area contributed by atoms with Crippen LogP contribution >= 0.6 is 0 Å². The van der Waals surface area contributed by atoms with Gasteiger partial charge in [-0.05, 0) is 31.9 Å². The third-order valence-electron chi connectivity index (χ3n) is 2.85. The number of hydrogen-bond donors (Lipinski definition) is 1. The predicted octanol–water partition coefficient (Wildman–Crippen LogP) is 3.72. The highest BCUT2D eigenvalue weighted by atomic mass is 16.5. The summed E-state index contributed by atoms with van der Waals surface area (Å²) in [6.45, 7) is 9.45. The minimum atomic E-state index is 0.174. The standard InChI is InChI=1S/C14H24N2O/c1-5-12(6-2)10-16-14-13(17-11(3)4)8-7-9-15-14/h7-9,11-12H,5-6,10H2,1-4H3,(H,15,16). The van der Waals surface area contributed by atoms with E-state index in [0.717, 1.165) is 18.1 Å². The zero-order chi connectivity index (χ0) is 12.7. The molecule has 1 aromatic heterocycles. The number of nitrogens with zero attached hydrogens (tertiary/aromatic N) is 1. The van der Waals surface area contributed by atoms with Gasteiger partial charge < -0.3 is 10.1 Å². The zero-order valence-corrected chi connectivity index (χ0v) is 11.4. The van der Waals surface area contributed by atoms with Gasteiger partial charge in [-0.3, -0.25) is 0 Å². The van der Waals surface area contributed by atoms with Crippen LogP contribution in [0.2, 0.25) is 0 Å². The third-order valence-corrected chi connectivity index (χ3v) is 2.85. The molecule has 0 aromatic carbocycles. The molecule has 0 aliphatic heterocycles. The lowest BCUT2D eigenvalue weighted by molar-refractivity contribution is 0.243. The number of nitrogens with one attached hydrogen (secondary N) is 1. The molecule has 0 atom stereocenters. The Hall–Kier alpha value is -1.25. The van der Waals surface area contributed by atoms with E-state index in [1.54, 1.807) is 6.20 Å². The summed E-state index contributed by atoms with van der Waals surface area (Å²) in [6, 6.07) is 3.86. The maximum Gasteiger partial charge on any atom is 0.168 e.